The molecule has 0 fully saturated rings. The second-order valence-electron chi connectivity index (χ2n) is 5.95. The fourth-order valence-electron chi connectivity index (χ4n) is 2.41. The molecule has 2 unspecified atom stereocenters. The van der Waals surface area contributed by atoms with E-state index in [0.717, 1.165) is 0 Å². The Bertz CT molecular complexity index is 745. The van der Waals surface area contributed by atoms with E-state index in [0.29, 0.717) is 11.4 Å². The maximum atomic E-state index is 13.2. The molecule has 0 bridgehead atoms. The summed E-state index contributed by atoms with van der Waals surface area (Å²) in [5.74, 6) is -1.45. The number of aromatic nitrogens is 2. The summed E-state index contributed by atoms with van der Waals surface area (Å²) in [5, 5.41) is 11.8. The number of rotatable bonds is 6. The summed E-state index contributed by atoms with van der Waals surface area (Å²) < 4.78 is 15.0. The number of halogens is 1. The third-order valence-electron chi connectivity index (χ3n) is 3.90. The van der Waals surface area contributed by atoms with Gasteiger partial charge in [0, 0.05) is 33.0 Å². The highest BCUT2D eigenvalue weighted by Crippen LogP contribution is 2.21. The van der Waals surface area contributed by atoms with Crippen LogP contribution in [0.3, 0.4) is 0 Å². The van der Waals surface area contributed by atoms with Crippen LogP contribution in [0.5, 0.6) is 0 Å². The number of hydrogen-bond acceptors (Lipinski definition) is 3. The molecule has 0 aliphatic carbocycles. The number of carbonyl (C=O) groups excluding carboxylic acids is 1. The first-order valence-electron chi connectivity index (χ1n) is 7.76. The molecule has 25 heavy (non-hydrogen) atoms. The van der Waals surface area contributed by atoms with Crippen molar-refractivity contribution in [2.45, 2.75) is 13.0 Å². The van der Waals surface area contributed by atoms with Crippen molar-refractivity contribution in [3.8, 4) is 0 Å². The third kappa shape index (κ3) is 4.56. The van der Waals surface area contributed by atoms with Crippen LogP contribution in [-0.4, -0.2) is 45.2 Å². The molecule has 1 heterocycles. The molecule has 2 rings (SSSR count). The first-order chi connectivity index (χ1) is 11.8. The van der Waals surface area contributed by atoms with Crippen molar-refractivity contribution in [2.75, 3.05) is 13.6 Å². The van der Waals surface area contributed by atoms with E-state index in [9.17, 15) is 14.0 Å². The summed E-state index contributed by atoms with van der Waals surface area (Å²) in [6.07, 6.45) is 3.35. The van der Waals surface area contributed by atoms with E-state index >= 15 is 0 Å². The average molecular weight is 348 g/mol. The van der Waals surface area contributed by atoms with Crippen LogP contribution in [0.1, 0.15) is 24.4 Å². The lowest BCUT2D eigenvalue weighted by atomic mass is 10.1. The molecule has 1 aromatic heterocycles. The summed E-state index contributed by atoms with van der Waals surface area (Å²) in [7, 11) is 3.32. The van der Waals surface area contributed by atoms with Crippen LogP contribution >= 0.6 is 0 Å². The number of aryl methyl sites for hydroxylation is 1. The van der Waals surface area contributed by atoms with Crippen LogP contribution in [0.2, 0.25) is 0 Å². The summed E-state index contributed by atoms with van der Waals surface area (Å²) in [5.41, 5.74) is 0.670. The molecule has 0 saturated carbocycles. The van der Waals surface area contributed by atoms with Crippen molar-refractivity contribution < 1.29 is 19.1 Å². The van der Waals surface area contributed by atoms with Gasteiger partial charge in [0.15, 0.2) is 0 Å². The molecule has 2 amide bonds. The number of nitrogens with one attached hydrogen (secondary N) is 1. The molecule has 8 heteroatoms. The van der Waals surface area contributed by atoms with Crippen molar-refractivity contribution in [3.05, 3.63) is 53.9 Å². The van der Waals surface area contributed by atoms with Crippen LogP contribution < -0.4 is 5.32 Å². The maximum absolute atomic E-state index is 13.2. The Labute approximate surface area is 145 Å². The number of urea groups is 1. The Balaban J connectivity index is 2.22. The van der Waals surface area contributed by atoms with Crippen LogP contribution in [-0.2, 0) is 11.8 Å². The lowest BCUT2D eigenvalue weighted by Gasteiger charge is -2.25. The van der Waals surface area contributed by atoms with Gasteiger partial charge in [-0.3, -0.25) is 4.79 Å². The Kier molecular flexibility index (Phi) is 5.74. The van der Waals surface area contributed by atoms with Gasteiger partial charge in [0.1, 0.15) is 17.7 Å². The van der Waals surface area contributed by atoms with E-state index in [1.165, 1.54) is 31.0 Å². The first-order valence-corrected chi connectivity index (χ1v) is 7.76. The second kappa shape index (κ2) is 7.78. The van der Waals surface area contributed by atoms with E-state index in [1.807, 2.05) is 0 Å². The number of carboxylic acid groups (broad SMARTS) is 1. The van der Waals surface area contributed by atoms with Crippen LogP contribution in [0.15, 0.2) is 36.7 Å². The smallest absolute Gasteiger partial charge is 0.318 e. The molecule has 134 valence electrons. The lowest BCUT2D eigenvalue weighted by Crippen LogP contribution is -2.43. The number of imidazole rings is 1. The van der Waals surface area contributed by atoms with Crippen LogP contribution in [0.25, 0.3) is 0 Å². The van der Waals surface area contributed by atoms with E-state index < -0.39 is 24.0 Å². The second-order valence-corrected chi connectivity index (χ2v) is 5.95. The molecule has 7 nitrogen and oxygen atoms in total. The molecule has 2 atom stereocenters. The normalized spacial score (nSPS) is 13.1. The predicted octanol–water partition coefficient (Wildman–Crippen LogP) is 2.01. The Morgan fingerprint density at radius 2 is 2.00 bits per heavy atom. The molecule has 0 aliphatic rings. The van der Waals surface area contributed by atoms with Crippen molar-refractivity contribution in [2.24, 2.45) is 13.0 Å². The summed E-state index contributed by atoms with van der Waals surface area (Å²) in [4.78, 5) is 29.0. The van der Waals surface area contributed by atoms with Crippen molar-refractivity contribution in [3.63, 3.8) is 0 Å². The van der Waals surface area contributed by atoms with E-state index in [2.05, 4.69) is 10.3 Å². The Hall–Kier alpha value is -2.90. The summed E-state index contributed by atoms with van der Waals surface area (Å²) in [6.45, 7) is 1.60. The quantitative estimate of drug-likeness (QED) is 0.836. The van der Waals surface area contributed by atoms with Gasteiger partial charge in [0.2, 0.25) is 0 Å². The van der Waals surface area contributed by atoms with Gasteiger partial charge in [0.25, 0.3) is 0 Å². The monoisotopic (exact) mass is 348 g/mol. The van der Waals surface area contributed by atoms with Crippen molar-refractivity contribution in [1.82, 2.24) is 19.8 Å². The minimum atomic E-state index is -0.973. The van der Waals surface area contributed by atoms with Gasteiger partial charge in [-0.15, -0.1) is 0 Å². The van der Waals surface area contributed by atoms with Gasteiger partial charge in [0.05, 0.1) is 5.92 Å². The zero-order valence-corrected chi connectivity index (χ0v) is 14.3. The highest BCUT2D eigenvalue weighted by Gasteiger charge is 2.24. The number of amides is 2. The molecular weight excluding hydrogens is 327 g/mol. The number of nitrogens with zero attached hydrogens (tertiary/aromatic N) is 3. The lowest BCUT2D eigenvalue weighted by molar-refractivity contribution is -0.141. The van der Waals surface area contributed by atoms with Gasteiger partial charge < -0.3 is 19.9 Å². The number of aliphatic carboxylic acids is 1. The fraction of sp³-hybridized carbons (Fsp3) is 0.353. The maximum Gasteiger partial charge on any atom is 0.318 e. The first kappa shape index (κ1) is 18.4. The van der Waals surface area contributed by atoms with Gasteiger partial charge >= 0.3 is 12.0 Å². The van der Waals surface area contributed by atoms with Crippen molar-refractivity contribution >= 4 is 12.0 Å². The number of carbonyl (C=O) groups is 2. The fourth-order valence-corrected chi connectivity index (χ4v) is 2.41. The van der Waals surface area contributed by atoms with Gasteiger partial charge in [-0.2, -0.15) is 0 Å². The largest absolute Gasteiger partial charge is 0.481 e. The van der Waals surface area contributed by atoms with Gasteiger partial charge in [-0.05, 0) is 17.7 Å². The summed E-state index contributed by atoms with van der Waals surface area (Å²) in [6, 6.07) is 4.76. The number of carboxylic acids is 1. The van der Waals surface area contributed by atoms with E-state index in [1.54, 1.807) is 36.1 Å². The third-order valence-corrected chi connectivity index (χ3v) is 3.90. The Morgan fingerprint density at radius 1 is 1.36 bits per heavy atom. The molecule has 2 aromatic rings. The average Bonchev–Trinajstić information content (AvgIpc) is 2.99. The van der Waals surface area contributed by atoms with E-state index in [-0.39, 0.29) is 12.4 Å². The number of benzene rings is 1. The molecule has 0 radical (unpaired) electrons. The SMILES string of the molecule is CC(CN(C)C(=O)NC(c1ccc(F)cc1)c1nccn1C)C(=O)O. The van der Waals surface area contributed by atoms with Crippen molar-refractivity contribution in [1.29, 1.82) is 0 Å². The molecule has 1 aromatic carbocycles. The van der Waals surface area contributed by atoms with Crippen LogP contribution in [0, 0.1) is 11.7 Å². The summed E-state index contributed by atoms with van der Waals surface area (Å²) >= 11 is 0. The molecule has 0 aliphatic heterocycles. The minimum absolute atomic E-state index is 0.0673. The topological polar surface area (TPSA) is 87.5 Å². The zero-order chi connectivity index (χ0) is 18.6. The Morgan fingerprint density at radius 3 is 2.52 bits per heavy atom. The van der Waals surface area contributed by atoms with Crippen LogP contribution in [0.4, 0.5) is 9.18 Å². The molecule has 2 N–H and O–H groups in total. The minimum Gasteiger partial charge on any atom is -0.481 e. The van der Waals surface area contributed by atoms with E-state index in [4.69, 9.17) is 5.11 Å². The standard InChI is InChI=1S/C17H21FN4O3/c1-11(16(23)24)10-22(3)17(25)20-14(15-19-8-9-21(15)2)12-4-6-13(18)7-5-12/h4-9,11,14H,10H2,1-3H3,(H,20,25)(H,23,24). The van der Waals surface area contributed by atoms with Gasteiger partial charge in [-0.1, -0.05) is 19.1 Å². The molecular formula is C17H21FN4O3. The highest BCUT2D eigenvalue weighted by atomic mass is 19.1. The van der Waals surface area contributed by atoms with Gasteiger partial charge in [-0.25, -0.2) is 14.2 Å². The highest BCUT2D eigenvalue weighted by molar-refractivity contribution is 5.76. The number of hydrogen-bond donors (Lipinski definition) is 2. The predicted molar refractivity (Wildman–Crippen MR) is 89.4 cm³/mol. The molecule has 0 spiro atoms. The molecule has 0 saturated heterocycles. The zero-order valence-electron chi connectivity index (χ0n) is 14.3.